The topological polar surface area (TPSA) is 21.7 Å². The molecular formula is C16H18ClNO2. The van der Waals surface area contributed by atoms with Crippen LogP contribution in [0.5, 0.6) is 11.5 Å². The van der Waals surface area contributed by atoms with Crippen LogP contribution in [-0.2, 0) is 0 Å². The summed E-state index contributed by atoms with van der Waals surface area (Å²) >= 11 is 5.80. The summed E-state index contributed by atoms with van der Waals surface area (Å²) in [6.45, 7) is 1.00. The first-order valence-corrected chi connectivity index (χ1v) is 6.81. The van der Waals surface area contributed by atoms with Crippen molar-refractivity contribution in [1.82, 2.24) is 0 Å². The molecule has 2 rings (SSSR count). The van der Waals surface area contributed by atoms with Gasteiger partial charge in [0.2, 0.25) is 0 Å². The van der Waals surface area contributed by atoms with E-state index in [1.54, 1.807) is 12.1 Å². The molecule has 2 aromatic carbocycles. The van der Waals surface area contributed by atoms with Crippen LogP contribution in [0.4, 0.5) is 5.69 Å². The van der Waals surface area contributed by atoms with E-state index in [9.17, 15) is 0 Å². The molecule has 106 valence electrons. The van der Waals surface area contributed by atoms with Crippen molar-refractivity contribution in [3.05, 3.63) is 53.6 Å². The first-order chi connectivity index (χ1) is 9.65. The second-order valence-corrected chi connectivity index (χ2v) is 4.98. The largest absolute Gasteiger partial charge is 0.490 e. The van der Waals surface area contributed by atoms with E-state index in [0.717, 1.165) is 17.2 Å². The van der Waals surface area contributed by atoms with Crippen molar-refractivity contribution in [1.29, 1.82) is 0 Å². The average molecular weight is 292 g/mol. The van der Waals surface area contributed by atoms with Crippen molar-refractivity contribution in [2.45, 2.75) is 0 Å². The Morgan fingerprint density at radius 1 is 0.800 bits per heavy atom. The zero-order chi connectivity index (χ0) is 14.4. The summed E-state index contributed by atoms with van der Waals surface area (Å²) in [5.41, 5.74) is 1.15. The van der Waals surface area contributed by atoms with Crippen LogP contribution in [0.15, 0.2) is 48.5 Å². The van der Waals surface area contributed by atoms with Gasteiger partial charge in [-0.25, -0.2) is 0 Å². The lowest BCUT2D eigenvalue weighted by molar-refractivity contribution is 0.217. The summed E-state index contributed by atoms with van der Waals surface area (Å²) < 4.78 is 11.2. The van der Waals surface area contributed by atoms with Crippen LogP contribution in [0, 0.1) is 0 Å². The van der Waals surface area contributed by atoms with Crippen LogP contribution in [0.1, 0.15) is 0 Å². The minimum atomic E-state index is 0.497. The van der Waals surface area contributed by atoms with Gasteiger partial charge >= 0.3 is 0 Å². The predicted octanol–water partition coefficient (Wildman–Crippen LogP) is 3.86. The minimum Gasteiger partial charge on any atom is -0.490 e. The highest BCUT2D eigenvalue weighted by molar-refractivity contribution is 6.30. The number of nitrogens with zero attached hydrogens (tertiary/aromatic N) is 1. The van der Waals surface area contributed by atoms with Gasteiger partial charge in [-0.3, -0.25) is 0 Å². The molecule has 0 unspecified atom stereocenters. The van der Waals surface area contributed by atoms with Gasteiger partial charge in [0.1, 0.15) is 24.7 Å². The lowest BCUT2D eigenvalue weighted by Crippen LogP contribution is -2.10. The van der Waals surface area contributed by atoms with E-state index in [1.807, 2.05) is 55.4 Å². The molecule has 0 amide bonds. The van der Waals surface area contributed by atoms with Gasteiger partial charge in [0.25, 0.3) is 0 Å². The van der Waals surface area contributed by atoms with Crippen LogP contribution in [0.25, 0.3) is 0 Å². The Labute approximate surface area is 124 Å². The smallest absolute Gasteiger partial charge is 0.122 e. The van der Waals surface area contributed by atoms with Gasteiger partial charge in [-0.1, -0.05) is 11.6 Å². The molecular weight excluding hydrogens is 274 g/mol. The van der Waals surface area contributed by atoms with Gasteiger partial charge in [0.05, 0.1) is 0 Å². The molecule has 0 spiro atoms. The van der Waals surface area contributed by atoms with Gasteiger partial charge in [0.15, 0.2) is 0 Å². The lowest BCUT2D eigenvalue weighted by atomic mass is 10.3. The normalized spacial score (nSPS) is 10.2. The van der Waals surface area contributed by atoms with Crippen LogP contribution in [0.3, 0.4) is 0 Å². The zero-order valence-electron chi connectivity index (χ0n) is 11.7. The SMILES string of the molecule is CN(C)c1ccc(OCCOc2ccc(Cl)cc2)cc1. The van der Waals surface area contributed by atoms with Crippen LogP contribution >= 0.6 is 11.6 Å². The fourth-order valence-electron chi connectivity index (χ4n) is 1.69. The van der Waals surface area contributed by atoms with E-state index >= 15 is 0 Å². The Hall–Kier alpha value is -1.87. The standard InChI is InChI=1S/C16H18ClNO2/c1-18(2)14-5-9-16(10-6-14)20-12-11-19-15-7-3-13(17)4-8-15/h3-10H,11-12H2,1-2H3. The predicted molar refractivity (Wildman–Crippen MR) is 83.2 cm³/mol. The Morgan fingerprint density at radius 3 is 1.70 bits per heavy atom. The molecule has 0 aromatic heterocycles. The number of ether oxygens (including phenoxy) is 2. The maximum atomic E-state index is 5.80. The minimum absolute atomic E-state index is 0.497. The van der Waals surface area contributed by atoms with Gasteiger partial charge in [0, 0.05) is 24.8 Å². The van der Waals surface area contributed by atoms with Crippen LogP contribution in [0.2, 0.25) is 5.02 Å². The number of hydrogen-bond donors (Lipinski definition) is 0. The second kappa shape index (κ2) is 7.06. The van der Waals surface area contributed by atoms with Crippen LogP contribution < -0.4 is 14.4 Å². The molecule has 4 heteroatoms. The number of rotatable bonds is 6. The Balaban J connectivity index is 1.74. The summed E-state index contributed by atoms with van der Waals surface area (Å²) in [5, 5.41) is 0.703. The molecule has 0 heterocycles. The average Bonchev–Trinajstić information content (AvgIpc) is 2.46. The van der Waals surface area contributed by atoms with Crippen molar-refractivity contribution in [2.24, 2.45) is 0 Å². The Kier molecular flexibility index (Phi) is 5.13. The van der Waals surface area contributed by atoms with Crippen LogP contribution in [-0.4, -0.2) is 27.3 Å². The van der Waals surface area contributed by atoms with E-state index in [4.69, 9.17) is 21.1 Å². The lowest BCUT2D eigenvalue weighted by Gasteiger charge is -2.13. The third-order valence-corrected chi connectivity index (χ3v) is 3.04. The van der Waals surface area contributed by atoms with Gasteiger partial charge in [-0.05, 0) is 48.5 Å². The molecule has 0 aliphatic rings. The Bertz CT molecular complexity index is 523. The quantitative estimate of drug-likeness (QED) is 0.754. The highest BCUT2D eigenvalue weighted by Crippen LogP contribution is 2.18. The summed E-state index contributed by atoms with van der Waals surface area (Å²) in [7, 11) is 4.02. The molecule has 0 saturated heterocycles. The van der Waals surface area contributed by atoms with E-state index in [-0.39, 0.29) is 0 Å². The van der Waals surface area contributed by atoms with Gasteiger partial charge in [-0.15, -0.1) is 0 Å². The van der Waals surface area contributed by atoms with Crippen molar-refractivity contribution in [3.63, 3.8) is 0 Å². The summed E-state index contributed by atoms with van der Waals surface area (Å²) in [5.74, 6) is 1.64. The van der Waals surface area contributed by atoms with E-state index in [0.29, 0.717) is 18.2 Å². The van der Waals surface area contributed by atoms with E-state index in [1.165, 1.54) is 0 Å². The maximum Gasteiger partial charge on any atom is 0.122 e. The summed E-state index contributed by atoms with van der Waals surface area (Å²) in [6, 6.07) is 15.2. The monoisotopic (exact) mass is 291 g/mol. The molecule has 0 N–H and O–H groups in total. The molecule has 0 fully saturated rings. The number of anilines is 1. The molecule has 20 heavy (non-hydrogen) atoms. The van der Waals surface area contributed by atoms with Gasteiger partial charge in [-0.2, -0.15) is 0 Å². The molecule has 0 radical (unpaired) electrons. The fraction of sp³-hybridized carbons (Fsp3) is 0.250. The number of hydrogen-bond acceptors (Lipinski definition) is 3. The summed E-state index contributed by atoms with van der Waals surface area (Å²) in [4.78, 5) is 2.05. The first-order valence-electron chi connectivity index (χ1n) is 6.44. The number of halogens is 1. The highest BCUT2D eigenvalue weighted by Gasteiger charge is 1.98. The van der Waals surface area contributed by atoms with Crippen molar-refractivity contribution in [3.8, 4) is 11.5 Å². The third-order valence-electron chi connectivity index (χ3n) is 2.79. The summed E-state index contributed by atoms with van der Waals surface area (Å²) in [6.07, 6.45) is 0. The van der Waals surface area contributed by atoms with E-state index in [2.05, 4.69) is 0 Å². The van der Waals surface area contributed by atoms with E-state index < -0.39 is 0 Å². The maximum absolute atomic E-state index is 5.80. The number of benzene rings is 2. The molecule has 2 aromatic rings. The molecule has 0 bridgehead atoms. The molecule has 3 nitrogen and oxygen atoms in total. The molecule has 0 aliphatic carbocycles. The zero-order valence-corrected chi connectivity index (χ0v) is 12.4. The molecule has 0 saturated carbocycles. The first kappa shape index (κ1) is 14.5. The fourth-order valence-corrected chi connectivity index (χ4v) is 1.82. The van der Waals surface area contributed by atoms with Gasteiger partial charge < -0.3 is 14.4 Å². The molecule has 0 atom stereocenters. The molecule has 0 aliphatic heterocycles. The van der Waals surface area contributed by atoms with Crippen molar-refractivity contribution < 1.29 is 9.47 Å². The van der Waals surface area contributed by atoms with Crippen molar-refractivity contribution >= 4 is 17.3 Å². The third kappa shape index (κ3) is 4.35. The second-order valence-electron chi connectivity index (χ2n) is 4.54. The van der Waals surface area contributed by atoms with Crippen molar-refractivity contribution in [2.75, 3.05) is 32.2 Å². The highest BCUT2D eigenvalue weighted by atomic mass is 35.5. The Morgan fingerprint density at radius 2 is 1.25 bits per heavy atom.